The monoisotopic (exact) mass is 527 g/mol. The number of aryl methyl sites for hydroxylation is 1. The van der Waals surface area contributed by atoms with Crippen LogP contribution in [-0.2, 0) is 4.79 Å². The average Bonchev–Trinajstić information content (AvgIpc) is 2.79. The van der Waals surface area contributed by atoms with E-state index in [4.69, 9.17) is 16.3 Å². The molecule has 0 aliphatic rings. The summed E-state index contributed by atoms with van der Waals surface area (Å²) in [4.78, 5) is 36.6. The lowest BCUT2D eigenvalue weighted by Gasteiger charge is -2.08. The van der Waals surface area contributed by atoms with Crippen LogP contribution in [0.5, 0.6) is 5.75 Å². The number of hydrazone groups is 1. The topological polar surface area (TPSA) is 96.9 Å². The molecule has 2 N–H and O–H groups in total. The number of amides is 2. The van der Waals surface area contributed by atoms with E-state index in [1.54, 1.807) is 54.6 Å². The van der Waals surface area contributed by atoms with Crippen molar-refractivity contribution in [2.75, 3.05) is 6.54 Å². The Morgan fingerprint density at radius 2 is 1.79 bits per heavy atom. The first kappa shape index (κ1) is 24.2. The maximum atomic E-state index is 12.5. The third-order valence-corrected chi connectivity index (χ3v) is 5.05. The van der Waals surface area contributed by atoms with Crippen LogP contribution in [-0.4, -0.2) is 30.5 Å². The summed E-state index contributed by atoms with van der Waals surface area (Å²) in [6, 6.07) is 18.5. The second-order valence-electron chi connectivity index (χ2n) is 6.93. The van der Waals surface area contributed by atoms with E-state index in [2.05, 4.69) is 31.8 Å². The van der Waals surface area contributed by atoms with Gasteiger partial charge in [0.2, 0.25) is 0 Å². The van der Waals surface area contributed by atoms with Crippen LogP contribution in [0.1, 0.15) is 31.8 Å². The third-order valence-electron chi connectivity index (χ3n) is 4.32. The van der Waals surface area contributed by atoms with Gasteiger partial charge in [-0.05, 0) is 55.5 Å². The van der Waals surface area contributed by atoms with E-state index in [0.29, 0.717) is 21.7 Å². The number of hydrogen-bond donors (Lipinski definition) is 2. The van der Waals surface area contributed by atoms with Gasteiger partial charge in [-0.2, -0.15) is 5.10 Å². The van der Waals surface area contributed by atoms with Crippen LogP contribution in [0.3, 0.4) is 0 Å². The maximum absolute atomic E-state index is 12.5. The molecular formula is C24H19BrClN3O4. The highest BCUT2D eigenvalue weighted by atomic mass is 79.9. The van der Waals surface area contributed by atoms with Crippen molar-refractivity contribution in [3.63, 3.8) is 0 Å². The molecule has 3 rings (SSSR count). The van der Waals surface area contributed by atoms with Gasteiger partial charge in [0.25, 0.3) is 11.8 Å². The molecular weight excluding hydrogens is 510 g/mol. The van der Waals surface area contributed by atoms with Gasteiger partial charge in [-0.3, -0.25) is 9.59 Å². The Kier molecular flexibility index (Phi) is 8.34. The highest BCUT2D eigenvalue weighted by Crippen LogP contribution is 2.23. The second kappa shape index (κ2) is 11.4. The van der Waals surface area contributed by atoms with Gasteiger partial charge in [0.15, 0.2) is 0 Å². The largest absolute Gasteiger partial charge is 0.422 e. The minimum atomic E-state index is -0.532. The molecule has 0 spiro atoms. The highest BCUT2D eigenvalue weighted by molar-refractivity contribution is 9.10. The number of halogens is 2. The Labute approximate surface area is 203 Å². The van der Waals surface area contributed by atoms with Crippen molar-refractivity contribution in [1.29, 1.82) is 0 Å². The quantitative estimate of drug-likeness (QED) is 0.204. The molecule has 0 aliphatic heterocycles. The molecule has 0 bridgehead atoms. The lowest BCUT2D eigenvalue weighted by molar-refractivity contribution is -0.120. The Balaban J connectivity index is 1.60. The van der Waals surface area contributed by atoms with E-state index >= 15 is 0 Å². The molecule has 168 valence electrons. The molecule has 2 amide bonds. The van der Waals surface area contributed by atoms with Gasteiger partial charge in [0.05, 0.1) is 18.3 Å². The Bertz CT molecular complexity index is 1230. The average molecular weight is 529 g/mol. The van der Waals surface area contributed by atoms with Gasteiger partial charge in [0, 0.05) is 20.6 Å². The van der Waals surface area contributed by atoms with Crippen LogP contribution in [0.2, 0.25) is 5.02 Å². The Morgan fingerprint density at radius 1 is 1.03 bits per heavy atom. The molecule has 0 saturated carbocycles. The van der Waals surface area contributed by atoms with Crippen LogP contribution >= 0.6 is 27.5 Å². The lowest BCUT2D eigenvalue weighted by Crippen LogP contribution is -2.34. The summed E-state index contributed by atoms with van der Waals surface area (Å²) in [7, 11) is 0. The van der Waals surface area contributed by atoms with E-state index in [1.807, 2.05) is 13.0 Å². The van der Waals surface area contributed by atoms with E-state index in [1.165, 1.54) is 12.3 Å². The van der Waals surface area contributed by atoms with Crippen molar-refractivity contribution in [3.05, 3.63) is 98.5 Å². The summed E-state index contributed by atoms with van der Waals surface area (Å²) in [6.45, 7) is 1.60. The smallest absolute Gasteiger partial charge is 0.343 e. The molecule has 0 fully saturated rings. The molecule has 0 aromatic heterocycles. The van der Waals surface area contributed by atoms with Crippen LogP contribution in [0.25, 0.3) is 0 Å². The van der Waals surface area contributed by atoms with Crippen molar-refractivity contribution >= 4 is 51.5 Å². The number of nitrogens with one attached hydrogen (secondary N) is 2. The predicted molar refractivity (Wildman–Crippen MR) is 130 cm³/mol. The zero-order valence-electron chi connectivity index (χ0n) is 17.5. The fourth-order valence-electron chi connectivity index (χ4n) is 2.75. The minimum absolute atomic E-state index is 0.275. The summed E-state index contributed by atoms with van der Waals surface area (Å²) >= 11 is 9.22. The molecule has 0 saturated heterocycles. The summed E-state index contributed by atoms with van der Waals surface area (Å²) < 4.78 is 6.24. The van der Waals surface area contributed by atoms with Gasteiger partial charge in [-0.15, -0.1) is 0 Å². The summed E-state index contributed by atoms with van der Waals surface area (Å²) in [5.74, 6) is -1.20. The van der Waals surface area contributed by atoms with Gasteiger partial charge < -0.3 is 10.1 Å². The van der Waals surface area contributed by atoms with Crippen LogP contribution in [0.15, 0.2) is 76.3 Å². The van der Waals surface area contributed by atoms with Crippen LogP contribution in [0.4, 0.5) is 0 Å². The fourth-order valence-corrected chi connectivity index (χ4v) is 3.32. The summed E-state index contributed by atoms with van der Waals surface area (Å²) in [6.07, 6.45) is 1.35. The number of nitrogens with zero attached hydrogens (tertiary/aromatic N) is 1. The summed E-state index contributed by atoms with van der Waals surface area (Å²) in [5.41, 5.74) is 4.49. The van der Waals surface area contributed by atoms with Crippen molar-refractivity contribution in [3.8, 4) is 5.75 Å². The molecule has 0 unspecified atom stereocenters. The first-order valence-corrected chi connectivity index (χ1v) is 10.9. The molecule has 7 nitrogen and oxygen atoms in total. The maximum Gasteiger partial charge on any atom is 0.343 e. The molecule has 0 aliphatic carbocycles. The van der Waals surface area contributed by atoms with Crippen molar-refractivity contribution in [1.82, 2.24) is 10.7 Å². The normalized spacial score (nSPS) is 10.6. The van der Waals surface area contributed by atoms with Crippen LogP contribution < -0.4 is 15.5 Å². The second-order valence-corrected chi connectivity index (χ2v) is 8.28. The number of ether oxygens (including phenoxy) is 1. The molecule has 3 aromatic rings. The molecule has 0 heterocycles. The SMILES string of the molecule is Cc1cccc(C(=O)Oc2ccc(Br)cc2C=NNC(=O)CNC(=O)c2cccc(Cl)c2)c1. The third kappa shape index (κ3) is 7.27. The molecule has 33 heavy (non-hydrogen) atoms. The molecule has 9 heteroatoms. The van der Waals surface area contributed by atoms with Crippen molar-refractivity contribution < 1.29 is 19.1 Å². The van der Waals surface area contributed by atoms with Gasteiger partial charge >= 0.3 is 5.97 Å². The fraction of sp³-hybridized carbons (Fsp3) is 0.0833. The number of rotatable bonds is 7. The first-order chi connectivity index (χ1) is 15.8. The van der Waals surface area contributed by atoms with E-state index in [0.717, 1.165) is 10.0 Å². The predicted octanol–water partition coefficient (Wildman–Crippen LogP) is 4.51. The molecule has 3 aromatic carbocycles. The van der Waals surface area contributed by atoms with Gasteiger partial charge in [-0.25, -0.2) is 10.2 Å². The van der Waals surface area contributed by atoms with Gasteiger partial charge in [-0.1, -0.05) is 51.3 Å². The standard InChI is InChI=1S/C24H19BrClN3O4/c1-15-4-2-6-17(10-15)24(32)33-21-9-8-19(25)11-18(21)13-28-29-22(30)14-27-23(31)16-5-3-7-20(26)12-16/h2-13H,14H2,1H3,(H,27,31)(H,29,30). The van der Waals surface area contributed by atoms with Crippen molar-refractivity contribution in [2.24, 2.45) is 5.10 Å². The van der Waals surface area contributed by atoms with Crippen LogP contribution in [0, 0.1) is 6.92 Å². The molecule has 0 radical (unpaired) electrons. The molecule has 0 atom stereocenters. The lowest BCUT2D eigenvalue weighted by atomic mass is 10.1. The number of carbonyl (C=O) groups excluding carboxylic acids is 3. The van der Waals surface area contributed by atoms with E-state index in [9.17, 15) is 14.4 Å². The Hall–Kier alpha value is -3.49. The van der Waals surface area contributed by atoms with Crippen molar-refractivity contribution in [2.45, 2.75) is 6.92 Å². The Morgan fingerprint density at radius 3 is 2.55 bits per heavy atom. The minimum Gasteiger partial charge on any atom is -0.422 e. The zero-order valence-corrected chi connectivity index (χ0v) is 19.8. The first-order valence-electron chi connectivity index (χ1n) is 9.76. The number of esters is 1. The number of hydrogen-bond acceptors (Lipinski definition) is 5. The van der Waals surface area contributed by atoms with E-state index < -0.39 is 17.8 Å². The van der Waals surface area contributed by atoms with E-state index in [-0.39, 0.29) is 12.3 Å². The number of benzene rings is 3. The highest BCUT2D eigenvalue weighted by Gasteiger charge is 2.12. The summed E-state index contributed by atoms with van der Waals surface area (Å²) in [5, 5.41) is 6.80. The number of carbonyl (C=O) groups is 3. The zero-order chi connectivity index (χ0) is 23.8. The van der Waals surface area contributed by atoms with Gasteiger partial charge in [0.1, 0.15) is 5.75 Å².